The zero-order valence-electron chi connectivity index (χ0n) is 16.5. The Morgan fingerprint density at radius 3 is 2.68 bits per heavy atom. The minimum atomic E-state index is -0.478. The lowest BCUT2D eigenvalue weighted by atomic mass is 9.93. The van der Waals surface area contributed by atoms with Crippen LogP contribution in [0.5, 0.6) is 0 Å². The van der Waals surface area contributed by atoms with Crippen LogP contribution in [-0.2, 0) is 6.54 Å². The van der Waals surface area contributed by atoms with Gasteiger partial charge in [-0.3, -0.25) is 10.0 Å². The highest BCUT2D eigenvalue weighted by atomic mass is 16.2. The summed E-state index contributed by atoms with van der Waals surface area (Å²) in [6.45, 7) is 5.71. The maximum absolute atomic E-state index is 13.1. The van der Waals surface area contributed by atoms with E-state index in [2.05, 4.69) is 5.32 Å². The molecule has 2 aliphatic heterocycles. The van der Waals surface area contributed by atoms with Gasteiger partial charge < -0.3 is 10.2 Å². The highest BCUT2D eigenvalue weighted by Crippen LogP contribution is 2.37. The lowest BCUT2D eigenvalue weighted by molar-refractivity contribution is 0.130. The fourth-order valence-corrected chi connectivity index (χ4v) is 3.92. The minimum Gasteiger partial charge on any atom is -0.332 e. The first-order valence-corrected chi connectivity index (χ1v) is 9.81. The standard InChI is InChI=1S/C20H29N7O/c1-20(2)16-10-23-18(26(21)11-15-8-9-15)24-17(16)13-25(20)19(28)27(22)12-14-6-4-3-5-7-14/h3-7,10,15,17H,8-9,11-13,21-22H2,1-2H3,(H,23,24). The first-order chi connectivity index (χ1) is 13.4. The molecular formula is C20H29N7O. The molecule has 1 unspecified atom stereocenters. The number of carbonyl (C=O) groups is 1. The zero-order chi connectivity index (χ0) is 19.9. The fraction of sp³-hybridized carbons (Fsp3) is 0.500. The lowest BCUT2D eigenvalue weighted by Crippen LogP contribution is -2.52. The van der Waals surface area contributed by atoms with E-state index in [1.807, 2.05) is 50.4 Å². The second-order valence-electron chi connectivity index (χ2n) is 8.37. The molecule has 8 nitrogen and oxygen atoms in total. The van der Waals surface area contributed by atoms with Crippen molar-refractivity contribution >= 4 is 12.0 Å². The van der Waals surface area contributed by atoms with Crippen LogP contribution in [0.3, 0.4) is 0 Å². The molecule has 4 rings (SSSR count). The molecule has 28 heavy (non-hydrogen) atoms. The highest BCUT2D eigenvalue weighted by molar-refractivity contribution is 5.83. The molecule has 150 valence electrons. The van der Waals surface area contributed by atoms with Crippen LogP contribution in [0.1, 0.15) is 32.3 Å². The quantitative estimate of drug-likeness (QED) is 0.414. The Kier molecular flexibility index (Phi) is 4.76. The van der Waals surface area contributed by atoms with Crippen molar-refractivity contribution in [2.45, 2.75) is 44.8 Å². The van der Waals surface area contributed by atoms with Crippen molar-refractivity contribution in [3.05, 3.63) is 47.7 Å². The number of benzene rings is 1. The molecule has 5 N–H and O–H groups in total. The van der Waals surface area contributed by atoms with Crippen molar-refractivity contribution in [3.63, 3.8) is 0 Å². The summed E-state index contributed by atoms with van der Waals surface area (Å²) in [4.78, 5) is 19.6. The van der Waals surface area contributed by atoms with Gasteiger partial charge in [0.2, 0.25) is 5.96 Å². The monoisotopic (exact) mass is 383 g/mol. The average Bonchev–Trinajstić information content (AvgIpc) is 3.45. The topological polar surface area (TPSA) is 103 Å². The summed E-state index contributed by atoms with van der Waals surface area (Å²) >= 11 is 0. The van der Waals surface area contributed by atoms with E-state index < -0.39 is 5.54 Å². The van der Waals surface area contributed by atoms with Crippen molar-refractivity contribution in [2.24, 2.45) is 22.6 Å². The molecule has 3 aliphatic rings. The number of hydrazine groups is 2. The zero-order valence-corrected chi connectivity index (χ0v) is 16.5. The number of amides is 2. The van der Waals surface area contributed by atoms with Crippen molar-refractivity contribution < 1.29 is 4.79 Å². The van der Waals surface area contributed by atoms with Gasteiger partial charge in [-0.25, -0.2) is 21.5 Å². The van der Waals surface area contributed by atoms with Gasteiger partial charge in [0.25, 0.3) is 0 Å². The maximum atomic E-state index is 13.1. The molecule has 0 spiro atoms. The van der Waals surface area contributed by atoms with Gasteiger partial charge in [0, 0.05) is 19.3 Å². The van der Waals surface area contributed by atoms with Crippen molar-refractivity contribution in [3.8, 4) is 0 Å². The number of aliphatic imine (C=N–C) groups is 1. The van der Waals surface area contributed by atoms with Crippen molar-refractivity contribution in [1.82, 2.24) is 20.2 Å². The van der Waals surface area contributed by atoms with E-state index in [9.17, 15) is 4.79 Å². The molecule has 0 radical (unpaired) electrons. The number of nitrogens with zero attached hydrogens (tertiary/aromatic N) is 4. The summed E-state index contributed by atoms with van der Waals surface area (Å²) < 4.78 is 0. The number of rotatable bonds is 4. The van der Waals surface area contributed by atoms with Gasteiger partial charge in [-0.15, -0.1) is 0 Å². The minimum absolute atomic E-state index is 0.106. The molecule has 1 saturated carbocycles. The molecule has 1 saturated heterocycles. The predicted octanol–water partition coefficient (Wildman–Crippen LogP) is 1.37. The Hall–Kier alpha value is -2.58. The number of likely N-dealkylation sites (tertiary alicyclic amines) is 1. The summed E-state index contributed by atoms with van der Waals surface area (Å²) in [6, 6.07) is 9.43. The molecule has 2 fully saturated rings. The number of guanidine groups is 1. The summed E-state index contributed by atoms with van der Waals surface area (Å²) in [5.74, 6) is 13.6. The van der Waals surface area contributed by atoms with Gasteiger partial charge in [0.05, 0.1) is 18.1 Å². The van der Waals surface area contributed by atoms with E-state index >= 15 is 0 Å². The molecule has 2 heterocycles. The number of nitrogens with two attached hydrogens (primary N) is 2. The van der Waals surface area contributed by atoms with Gasteiger partial charge in [-0.1, -0.05) is 30.3 Å². The summed E-state index contributed by atoms with van der Waals surface area (Å²) in [5.41, 5.74) is 1.58. The van der Waals surface area contributed by atoms with Gasteiger partial charge in [0.15, 0.2) is 0 Å². The van der Waals surface area contributed by atoms with Crippen LogP contribution in [-0.4, -0.2) is 51.6 Å². The Morgan fingerprint density at radius 2 is 2.00 bits per heavy atom. The largest absolute Gasteiger partial charge is 0.335 e. The molecule has 1 atom stereocenters. The number of nitrogens with one attached hydrogen (secondary N) is 1. The molecule has 1 aliphatic carbocycles. The Morgan fingerprint density at radius 1 is 1.29 bits per heavy atom. The lowest BCUT2D eigenvalue weighted by Gasteiger charge is -2.35. The average molecular weight is 384 g/mol. The Labute approximate surface area is 165 Å². The maximum Gasteiger partial charge on any atom is 0.335 e. The first kappa shape index (κ1) is 18.8. The van der Waals surface area contributed by atoms with Gasteiger partial charge >= 0.3 is 6.03 Å². The summed E-state index contributed by atoms with van der Waals surface area (Å²) in [6.07, 6.45) is 4.41. The molecule has 0 aromatic heterocycles. The van der Waals surface area contributed by atoms with Crippen molar-refractivity contribution in [2.75, 3.05) is 13.1 Å². The van der Waals surface area contributed by atoms with E-state index in [4.69, 9.17) is 16.7 Å². The summed E-state index contributed by atoms with van der Waals surface area (Å²) in [5, 5.41) is 6.17. The van der Waals surface area contributed by atoms with E-state index in [1.165, 1.54) is 17.9 Å². The number of fused-ring (bicyclic) bond motifs is 1. The molecule has 1 aromatic carbocycles. The SMILES string of the molecule is CC1(C)C2=CNC(N(N)CC3CC3)=NC2CN1C(=O)N(N)Cc1ccccc1. The van der Waals surface area contributed by atoms with Crippen LogP contribution in [0.4, 0.5) is 4.79 Å². The molecular weight excluding hydrogens is 354 g/mol. The van der Waals surface area contributed by atoms with Gasteiger partial charge in [-0.2, -0.15) is 0 Å². The van der Waals surface area contributed by atoms with Crippen LogP contribution < -0.4 is 17.0 Å². The molecule has 2 amide bonds. The fourth-order valence-electron chi connectivity index (χ4n) is 3.92. The third-order valence-corrected chi connectivity index (χ3v) is 5.83. The first-order valence-electron chi connectivity index (χ1n) is 9.81. The second kappa shape index (κ2) is 7.10. The smallest absolute Gasteiger partial charge is 0.332 e. The predicted molar refractivity (Wildman–Crippen MR) is 108 cm³/mol. The number of hydrogen-bond acceptors (Lipinski definition) is 6. The van der Waals surface area contributed by atoms with Gasteiger partial charge in [-0.05, 0) is 43.7 Å². The van der Waals surface area contributed by atoms with Crippen LogP contribution in [0.25, 0.3) is 0 Å². The molecule has 8 heteroatoms. The second-order valence-corrected chi connectivity index (χ2v) is 8.37. The number of hydrogen-bond donors (Lipinski definition) is 3. The summed E-state index contributed by atoms with van der Waals surface area (Å²) in [7, 11) is 0. The van der Waals surface area contributed by atoms with E-state index in [-0.39, 0.29) is 12.1 Å². The van der Waals surface area contributed by atoms with Crippen LogP contribution in [0, 0.1) is 5.92 Å². The third-order valence-electron chi connectivity index (χ3n) is 5.83. The van der Waals surface area contributed by atoms with E-state index in [0.29, 0.717) is 25.0 Å². The van der Waals surface area contributed by atoms with Crippen molar-refractivity contribution in [1.29, 1.82) is 0 Å². The Bertz CT molecular complexity index is 800. The molecule has 1 aromatic rings. The van der Waals surface area contributed by atoms with Gasteiger partial charge in [0.1, 0.15) is 0 Å². The van der Waals surface area contributed by atoms with Crippen LogP contribution in [0.2, 0.25) is 0 Å². The van der Waals surface area contributed by atoms with E-state index in [1.54, 1.807) is 9.91 Å². The van der Waals surface area contributed by atoms with Crippen LogP contribution in [0.15, 0.2) is 47.1 Å². The number of urea groups is 1. The Balaban J connectivity index is 1.47. The molecule has 0 bridgehead atoms. The van der Waals surface area contributed by atoms with Crippen LogP contribution >= 0.6 is 0 Å². The van der Waals surface area contributed by atoms with E-state index in [0.717, 1.165) is 17.7 Å². The highest BCUT2D eigenvalue weighted by Gasteiger charge is 2.48. The third kappa shape index (κ3) is 3.57. The number of carbonyl (C=O) groups excluding carboxylic acids is 1. The normalized spacial score (nSPS) is 22.7.